The highest BCUT2D eigenvalue weighted by Crippen LogP contribution is 2.28. The van der Waals surface area contributed by atoms with Gasteiger partial charge in [-0.25, -0.2) is 18.1 Å². The van der Waals surface area contributed by atoms with Crippen LogP contribution in [0.25, 0.3) is 11.0 Å². The quantitative estimate of drug-likeness (QED) is 0.785. The van der Waals surface area contributed by atoms with Gasteiger partial charge in [0.05, 0.1) is 10.4 Å². The van der Waals surface area contributed by atoms with E-state index in [1.54, 1.807) is 6.07 Å². The van der Waals surface area contributed by atoms with E-state index in [2.05, 4.69) is 20.0 Å². The highest BCUT2D eigenvalue weighted by atomic mass is 35.5. The summed E-state index contributed by atoms with van der Waals surface area (Å²) in [5.74, 6) is 0. The van der Waals surface area contributed by atoms with Gasteiger partial charge in [-0.2, -0.15) is 0 Å². The van der Waals surface area contributed by atoms with Gasteiger partial charge < -0.3 is 10.3 Å². The van der Waals surface area contributed by atoms with Crippen molar-refractivity contribution in [3.8, 4) is 0 Å². The molecule has 21 heavy (non-hydrogen) atoms. The maximum Gasteiger partial charge on any atom is 0.243 e. The maximum atomic E-state index is 12.5. The van der Waals surface area contributed by atoms with E-state index in [1.165, 1.54) is 12.4 Å². The van der Waals surface area contributed by atoms with Crippen molar-refractivity contribution in [3.05, 3.63) is 23.5 Å². The molecule has 3 rings (SSSR count). The molecule has 1 aliphatic rings. The number of sulfonamides is 1. The Morgan fingerprint density at radius 3 is 2.76 bits per heavy atom. The number of halogens is 2. The minimum absolute atomic E-state index is 0. The highest BCUT2D eigenvalue weighted by Gasteiger charge is 2.25. The Morgan fingerprint density at radius 2 is 2.05 bits per heavy atom. The molecule has 3 N–H and O–H groups in total. The fourth-order valence-corrected chi connectivity index (χ4v) is 4.22. The van der Waals surface area contributed by atoms with Crippen LogP contribution in [0.4, 0.5) is 0 Å². The molecule has 2 aromatic heterocycles. The second-order valence-electron chi connectivity index (χ2n) is 4.81. The number of pyridine rings is 1. The molecular formula is C12H16Cl2N4O2S. The van der Waals surface area contributed by atoms with Gasteiger partial charge in [0.15, 0.2) is 0 Å². The van der Waals surface area contributed by atoms with Gasteiger partial charge in [-0.1, -0.05) is 11.6 Å². The van der Waals surface area contributed by atoms with Crippen LogP contribution >= 0.6 is 24.0 Å². The Bertz CT molecular complexity index is 726. The van der Waals surface area contributed by atoms with E-state index in [9.17, 15) is 8.42 Å². The average molecular weight is 351 g/mol. The van der Waals surface area contributed by atoms with Crippen LogP contribution in [0, 0.1) is 0 Å². The van der Waals surface area contributed by atoms with Gasteiger partial charge in [-0.15, -0.1) is 12.4 Å². The van der Waals surface area contributed by atoms with Crippen LogP contribution in [-0.2, 0) is 10.0 Å². The predicted octanol–water partition coefficient (Wildman–Crippen LogP) is 1.67. The third kappa shape index (κ3) is 3.32. The van der Waals surface area contributed by atoms with Crippen molar-refractivity contribution in [1.29, 1.82) is 0 Å². The lowest BCUT2D eigenvalue weighted by Gasteiger charge is -2.23. The topological polar surface area (TPSA) is 86.9 Å². The molecule has 1 aliphatic heterocycles. The second-order valence-corrected chi connectivity index (χ2v) is 6.90. The lowest BCUT2D eigenvalue weighted by molar-refractivity contribution is 0.427. The summed E-state index contributed by atoms with van der Waals surface area (Å²) < 4.78 is 27.7. The van der Waals surface area contributed by atoms with Crippen LogP contribution in [0.2, 0.25) is 5.02 Å². The molecule has 116 valence electrons. The van der Waals surface area contributed by atoms with Crippen molar-refractivity contribution in [2.75, 3.05) is 13.1 Å². The summed E-state index contributed by atoms with van der Waals surface area (Å²) in [7, 11) is -3.60. The average Bonchev–Trinajstić information content (AvgIpc) is 2.85. The van der Waals surface area contributed by atoms with Gasteiger partial charge in [0, 0.05) is 18.4 Å². The normalized spacial score (nSPS) is 16.8. The molecule has 0 aromatic carbocycles. The van der Waals surface area contributed by atoms with Crippen molar-refractivity contribution >= 4 is 45.1 Å². The number of aromatic nitrogens is 2. The zero-order chi connectivity index (χ0) is 14.2. The standard InChI is InChI=1S/C12H15ClN4O2S.ClH/c13-9-3-6-15-12-11(9)10(7-16-12)20(18,19)17-8-1-4-14-5-2-8;/h3,6-8,14,17H,1-2,4-5H2,(H,15,16);1H. The van der Waals surface area contributed by atoms with E-state index in [-0.39, 0.29) is 23.3 Å². The van der Waals surface area contributed by atoms with Crippen LogP contribution in [-0.4, -0.2) is 37.5 Å². The SMILES string of the molecule is Cl.O=S(=O)(NC1CCNCC1)c1c[nH]c2nccc(Cl)c12. The summed E-state index contributed by atoms with van der Waals surface area (Å²) in [4.78, 5) is 7.08. The van der Waals surface area contributed by atoms with Crippen LogP contribution in [0.15, 0.2) is 23.4 Å². The Hall–Kier alpha value is -0.860. The lowest BCUT2D eigenvalue weighted by atomic mass is 10.1. The predicted molar refractivity (Wildman–Crippen MR) is 84.6 cm³/mol. The summed E-state index contributed by atoms with van der Waals surface area (Å²) in [6.07, 6.45) is 4.55. The zero-order valence-corrected chi connectivity index (χ0v) is 13.5. The summed E-state index contributed by atoms with van der Waals surface area (Å²) in [5.41, 5.74) is 0.475. The van der Waals surface area contributed by atoms with Crippen LogP contribution in [0.5, 0.6) is 0 Å². The number of rotatable bonds is 3. The number of piperidine rings is 1. The number of H-pyrrole nitrogens is 1. The van der Waals surface area contributed by atoms with Crippen LogP contribution in [0.3, 0.4) is 0 Å². The summed E-state index contributed by atoms with van der Waals surface area (Å²) in [6.45, 7) is 1.65. The highest BCUT2D eigenvalue weighted by molar-refractivity contribution is 7.89. The molecule has 1 saturated heterocycles. The van der Waals surface area contributed by atoms with Crippen molar-refractivity contribution in [2.24, 2.45) is 0 Å². The van der Waals surface area contributed by atoms with Gasteiger partial charge in [-0.05, 0) is 32.0 Å². The van der Waals surface area contributed by atoms with E-state index in [0.717, 1.165) is 25.9 Å². The number of hydrogen-bond donors (Lipinski definition) is 3. The first kappa shape index (κ1) is 16.5. The molecule has 0 atom stereocenters. The fourth-order valence-electron chi connectivity index (χ4n) is 2.42. The number of fused-ring (bicyclic) bond motifs is 1. The number of nitrogens with one attached hydrogen (secondary N) is 3. The third-order valence-electron chi connectivity index (χ3n) is 3.44. The van der Waals surface area contributed by atoms with Gasteiger partial charge >= 0.3 is 0 Å². The van der Waals surface area contributed by atoms with Crippen molar-refractivity contribution in [1.82, 2.24) is 20.0 Å². The molecule has 0 amide bonds. The van der Waals surface area contributed by atoms with E-state index in [4.69, 9.17) is 11.6 Å². The Labute approximate surface area is 134 Å². The first-order valence-corrected chi connectivity index (χ1v) is 8.29. The zero-order valence-electron chi connectivity index (χ0n) is 11.1. The fraction of sp³-hybridized carbons (Fsp3) is 0.417. The molecule has 3 heterocycles. The van der Waals surface area contributed by atoms with Crippen LogP contribution < -0.4 is 10.0 Å². The van der Waals surface area contributed by atoms with E-state index >= 15 is 0 Å². The summed E-state index contributed by atoms with van der Waals surface area (Å²) >= 11 is 6.09. The molecule has 0 bridgehead atoms. The van der Waals surface area contributed by atoms with E-state index in [1.807, 2.05) is 0 Å². The molecule has 1 fully saturated rings. The number of nitrogens with zero attached hydrogens (tertiary/aromatic N) is 1. The number of hydrogen-bond acceptors (Lipinski definition) is 4. The molecule has 9 heteroatoms. The molecule has 6 nitrogen and oxygen atoms in total. The Balaban J connectivity index is 0.00000161. The monoisotopic (exact) mass is 350 g/mol. The van der Waals surface area contributed by atoms with Crippen molar-refractivity contribution < 1.29 is 8.42 Å². The molecule has 0 radical (unpaired) electrons. The lowest BCUT2D eigenvalue weighted by Crippen LogP contribution is -2.42. The van der Waals surface area contributed by atoms with E-state index < -0.39 is 10.0 Å². The van der Waals surface area contributed by atoms with Gasteiger partial charge in [0.25, 0.3) is 0 Å². The van der Waals surface area contributed by atoms with Crippen molar-refractivity contribution in [3.63, 3.8) is 0 Å². The summed E-state index contributed by atoms with van der Waals surface area (Å²) in [6, 6.07) is 1.54. The smallest absolute Gasteiger partial charge is 0.243 e. The van der Waals surface area contributed by atoms with E-state index in [0.29, 0.717) is 16.1 Å². The largest absolute Gasteiger partial charge is 0.345 e. The first-order valence-electron chi connectivity index (χ1n) is 6.42. The first-order chi connectivity index (χ1) is 9.58. The van der Waals surface area contributed by atoms with Gasteiger partial charge in [-0.3, -0.25) is 0 Å². The number of aromatic amines is 1. The van der Waals surface area contributed by atoms with Gasteiger partial charge in [0.2, 0.25) is 10.0 Å². The Morgan fingerprint density at radius 1 is 1.33 bits per heavy atom. The molecule has 0 aliphatic carbocycles. The van der Waals surface area contributed by atoms with Gasteiger partial charge in [0.1, 0.15) is 10.5 Å². The minimum Gasteiger partial charge on any atom is -0.345 e. The third-order valence-corrected chi connectivity index (χ3v) is 5.30. The molecular weight excluding hydrogens is 335 g/mol. The second kappa shape index (κ2) is 6.50. The minimum atomic E-state index is -3.60. The molecule has 0 spiro atoms. The molecule has 0 saturated carbocycles. The molecule has 0 unspecified atom stereocenters. The van der Waals surface area contributed by atoms with Crippen molar-refractivity contribution in [2.45, 2.75) is 23.8 Å². The summed E-state index contributed by atoms with van der Waals surface area (Å²) in [5, 5.41) is 4.02. The Kier molecular flexibility index (Phi) is 5.11. The molecule has 2 aromatic rings. The van der Waals surface area contributed by atoms with Crippen LogP contribution in [0.1, 0.15) is 12.8 Å². The maximum absolute atomic E-state index is 12.5.